The summed E-state index contributed by atoms with van der Waals surface area (Å²) in [4.78, 5) is 8.80. The fourth-order valence-corrected chi connectivity index (χ4v) is 2.51. The van der Waals surface area contributed by atoms with Crippen LogP contribution in [0.1, 0.15) is 44.7 Å². The standard InChI is InChI=1S/C15H25N3O2/c1-4-8-16-15-17-11(2)9-14(18-15)20-13-7-5-6-12(10-13)19-3/h9,12-13H,4-8,10H2,1-3H3,(H,16,17,18). The molecule has 1 aliphatic rings. The van der Waals surface area contributed by atoms with Crippen molar-refractivity contribution < 1.29 is 9.47 Å². The van der Waals surface area contributed by atoms with Crippen molar-refractivity contribution >= 4 is 5.95 Å². The lowest BCUT2D eigenvalue weighted by Gasteiger charge is -2.28. The first-order valence-corrected chi connectivity index (χ1v) is 7.50. The summed E-state index contributed by atoms with van der Waals surface area (Å²) in [5.74, 6) is 1.32. The van der Waals surface area contributed by atoms with Gasteiger partial charge in [-0.15, -0.1) is 0 Å². The zero-order valence-corrected chi connectivity index (χ0v) is 12.7. The Morgan fingerprint density at radius 3 is 2.85 bits per heavy atom. The van der Waals surface area contributed by atoms with Crippen molar-refractivity contribution in [1.29, 1.82) is 0 Å². The number of nitrogens with one attached hydrogen (secondary N) is 1. The zero-order valence-electron chi connectivity index (χ0n) is 12.7. The van der Waals surface area contributed by atoms with Crippen LogP contribution in [0.15, 0.2) is 6.07 Å². The van der Waals surface area contributed by atoms with E-state index in [0.717, 1.165) is 44.3 Å². The molecule has 0 amide bonds. The summed E-state index contributed by atoms with van der Waals surface area (Å²) >= 11 is 0. The summed E-state index contributed by atoms with van der Waals surface area (Å²) in [6.45, 7) is 4.95. The third kappa shape index (κ3) is 4.34. The highest BCUT2D eigenvalue weighted by atomic mass is 16.5. The Morgan fingerprint density at radius 1 is 1.30 bits per heavy atom. The Morgan fingerprint density at radius 2 is 2.10 bits per heavy atom. The van der Waals surface area contributed by atoms with Crippen LogP contribution < -0.4 is 10.1 Å². The van der Waals surface area contributed by atoms with Crippen LogP contribution in [0.25, 0.3) is 0 Å². The maximum Gasteiger partial charge on any atom is 0.226 e. The molecular weight excluding hydrogens is 254 g/mol. The molecule has 2 atom stereocenters. The predicted octanol–water partition coefficient (Wildman–Crippen LogP) is 2.94. The van der Waals surface area contributed by atoms with Gasteiger partial charge in [-0.05, 0) is 32.6 Å². The normalized spacial score (nSPS) is 22.6. The smallest absolute Gasteiger partial charge is 0.226 e. The van der Waals surface area contributed by atoms with E-state index in [1.807, 2.05) is 13.0 Å². The van der Waals surface area contributed by atoms with Crippen molar-refractivity contribution in [3.05, 3.63) is 11.8 Å². The minimum atomic E-state index is 0.196. The van der Waals surface area contributed by atoms with Crippen molar-refractivity contribution in [2.45, 2.75) is 58.2 Å². The van der Waals surface area contributed by atoms with Crippen molar-refractivity contribution in [1.82, 2.24) is 9.97 Å². The molecule has 1 aliphatic carbocycles. The van der Waals surface area contributed by atoms with Gasteiger partial charge in [0, 0.05) is 31.8 Å². The third-order valence-corrected chi connectivity index (χ3v) is 3.56. The molecule has 0 saturated heterocycles. The van der Waals surface area contributed by atoms with E-state index in [-0.39, 0.29) is 6.10 Å². The number of aryl methyl sites for hydroxylation is 1. The Bertz CT molecular complexity index is 426. The maximum absolute atomic E-state index is 6.02. The Kier molecular flexibility index (Phi) is 5.59. The average molecular weight is 279 g/mol. The summed E-state index contributed by atoms with van der Waals surface area (Å²) in [6, 6.07) is 1.90. The van der Waals surface area contributed by atoms with Crippen LogP contribution in [-0.4, -0.2) is 35.8 Å². The van der Waals surface area contributed by atoms with E-state index in [0.29, 0.717) is 17.9 Å². The lowest BCUT2D eigenvalue weighted by atomic mass is 9.95. The molecule has 1 fully saturated rings. The molecule has 2 unspecified atom stereocenters. The van der Waals surface area contributed by atoms with Crippen molar-refractivity contribution in [2.75, 3.05) is 19.0 Å². The molecule has 1 aromatic rings. The number of anilines is 1. The highest BCUT2D eigenvalue weighted by Crippen LogP contribution is 2.25. The molecule has 1 N–H and O–H groups in total. The van der Waals surface area contributed by atoms with E-state index in [1.165, 1.54) is 0 Å². The Hall–Kier alpha value is -1.36. The van der Waals surface area contributed by atoms with Crippen molar-refractivity contribution in [2.24, 2.45) is 0 Å². The molecule has 0 aliphatic heterocycles. The predicted molar refractivity (Wildman–Crippen MR) is 79.2 cm³/mol. The maximum atomic E-state index is 6.02. The molecule has 2 rings (SSSR count). The Balaban J connectivity index is 1.99. The minimum absolute atomic E-state index is 0.196. The highest BCUT2D eigenvalue weighted by Gasteiger charge is 2.23. The van der Waals surface area contributed by atoms with Gasteiger partial charge >= 0.3 is 0 Å². The summed E-state index contributed by atoms with van der Waals surface area (Å²) in [6.07, 6.45) is 5.84. The second-order valence-corrected chi connectivity index (χ2v) is 5.36. The van der Waals surface area contributed by atoms with Gasteiger partial charge in [0.25, 0.3) is 0 Å². The third-order valence-electron chi connectivity index (χ3n) is 3.56. The largest absolute Gasteiger partial charge is 0.474 e. The van der Waals surface area contributed by atoms with Crippen molar-refractivity contribution in [3.63, 3.8) is 0 Å². The van der Waals surface area contributed by atoms with Gasteiger partial charge < -0.3 is 14.8 Å². The molecule has 0 radical (unpaired) electrons. The number of nitrogens with zero attached hydrogens (tertiary/aromatic N) is 2. The van der Waals surface area contributed by atoms with Gasteiger partial charge in [0.15, 0.2) is 0 Å². The number of aromatic nitrogens is 2. The molecular formula is C15H25N3O2. The summed E-state index contributed by atoms with van der Waals surface area (Å²) in [5, 5.41) is 3.21. The first kappa shape index (κ1) is 15.0. The van der Waals surface area contributed by atoms with Gasteiger partial charge in [0.2, 0.25) is 11.8 Å². The van der Waals surface area contributed by atoms with Crippen LogP contribution in [-0.2, 0) is 4.74 Å². The van der Waals surface area contributed by atoms with Crippen LogP contribution in [0.5, 0.6) is 5.88 Å². The monoisotopic (exact) mass is 279 g/mol. The molecule has 1 saturated carbocycles. The second-order valence-electron chi connectivity index (χ2n) is 5.36. The molecule has 5 nitrogen and oxygen atoms in total. The topological polar surface area (TPSA) is 56.3 Å². The minimum Gasteiger partial charge on any atom is -0.474 e. The first-order valence-electron chi connectivity index (χ1n) is 7.50. The fourth-order valence-electron chi connectivity index (χ4n) is 2.51. The van der Waals surface area contributed by atoms with Crippen LogP contribution in [0.3, 0.4) is 0 Å². The van der Waals surface area contributed by atoms with E-state index >= 15 is 0 Å². The number of hydrogen-bond donors (Lipinski definition) is 1. The van der Waals surface area contributed by atoms with Crippen LogP contribution in [0, 0.1) is 6.92 Å². The van der Waals surface area contributed by atoms with Crippen LogP contribution in [0.2, 0.25) is 0 Å². The lowest BCUT2D eigenvalue weighted by molar-refractivity contribution is 0.0195. The van der Waals surface area contributed by atoms with Gasteiger partial charge in [-0.25, -0.2) is 4.98 Å². The first-order chi connectivity index (χ1) is 9.71. The Labute approximate surface area is 121 Å². The summed E-state index contributed by atoms with van der Waals surface area (Å²) < 4.78 is 11.5. The zero-order chi connectivity index (χ0) is 14.4. The molecule has 0 spiro atoms. The van der Waals surface area contributed by atoms with Crippen LogP contribution in [0.4, 0.5) is 5.95 Å². The second kappa shape index (κ2) is 7.43. The SMILES string of the molecule is CCCNc1nc(C)cc(OC2CCCC(OC)C2)n1. The van der Waals surface area contributed by atoms with Crippen molar-refractivity contribution in [3.8, 4) is 5.88 Å². The molecule has 0 aromatic carbocycles. The van der Waals surface area contributed by atoms with E-state index < -0.39 is 0 Å². The summed E-state index contributed by atoms with van der Waals surface area (Å²) in [7, 11) is 1.77. The lowest BCUT2D eigenvalue weighted by Crippen LogP contribution is -2.29. The number of methoxy groups -OCH3 is 1. The van der Waals surface area contributed by atoms with E-state index in [2.05, 4.69) is 22.2 Å². The molecule has 0 bridgehead atoms. The van der Waals surface area contributed by atoms with E-state index in [9.17, 15) is 0 Å². The van der Waals surface area contributed by atoms with E-state index in [1.54, 1.807) is 7.11 Å². The number of rotatable bonds is 6. The van der Waals surface area contributed by atoms with Gasteiger partial charge in [-0.2, -0.15) is 4.98 Å². The average Bonchev–Trinajstić information content (AvgIpc) is 2.44. The van der Waals surface area contributed by atoms with Crippen LogP contribution >= 0.6 is 0 Å². The molecule has 5 heteroatoms. The molecule has 1 aromatic heterocycles. The quantitative estimate of drug-likeness (QED) is 0.867. The van der Waals surface area contributed by atoms with Gasteiger partial charge in [0.1, 0.15) is 6.10 Å². The highest BCUT2D eigenvalue weighted by molar-refractivity contribution is 5.30. The molecule has 1 heterocycles. The number of ether oxygens (including phenoxy) is 2. The van der Waals surface area contributed by atoms with Gasteiger partial charge in [0.05, 0.1) is 6.10 Å². The number of hydrogen-bond acceptors (Lipinski definition) is 5. The molecule has 112 valence electrons. The van der Waals surface area contributed by atoms with Gasteiger partial charge in [-0.3, -0.25) is 0 Å². The molecule has 20 heavy (non-hydrogen) atoms. The van der Waals surface area contributed by atoms with Gasteiger partial charge in [-0.1, -0.05) is 6.92 Å². The summed E-state index contributed by atoms with van der Waals surface area (Å²) in [5.41, 5.74) is 0.924. The van der Waals surface area contributed by atoms with E-state index in [4.69, 9.17) is 9.47 Å². The fraction of sp³-hybridized carbons (Fsp3) is 0.733.